The van der Waals surface area contributed by atoms with Gasteiger partial charge in [-0.3, -0.25) is 14.4 Å². The van der Waals surface area contributed by atoms with E-state index in [-0.39, 0.29) is 12.5 Å². The first kappa shape index (κ1) is 21.9. The van der Waals surface area contributed by atoms with Crippen molar-refractivity contribution < 1.29 is 9.53 Å². The number of carbonyl (C=O) groups is 1. The third-order valence-corrected chi connectivity index (χ3v) is 6.28. The number of nitrogens with zero attached hydrogens (tertiary/aromatic N) is 8. The molecule has 0 aliphatic heterocycles. The summed E-state index contributed by atoms with van der Waals surface area (Å²) in [6, 6.07) is 5.82. The first-order chi connectivity index (χ1) is 16.4. The molecule has 0 unspecified atom stereocenters. The Kier molecular flexibility index (Phi) is 5.64. The molecular weight excluding hydrogens is 432 g/mol. The van der Waals surface area contributed by atoms with E-state index in [1.807, 2.05) is 47.6 Å². The molecule has 1 aromatic carbocycles. The lowest BCUT2D eigenvalue weighted by Crippen LogP contribution is -2.32. The number of likely N-dealkylation sites (N-methyl/N-ethyl adjacent to an activating group) is 1. The highest BCUT2D eigenvalue weighted by atomic mass is 16.5. The van der Waals surface area contributed by atoms with E-state index < -0.39 is 0 Å². The maximum Gasteiger partial charge on any atom is 0.249 e. The molecule has 10 nitrogen and oxygen atoms in total. The van der Waals surface area contributed by atoms with Crippen molar-refractivity contribution in [3.05, 3.63) is 53.9 Å². The molecule has 1 amide bonds. The Hall–Kier alpha value is -3.95. The number of benzene rings is 1. The second-order valence-corrected chi connectivity index (χ2v) is 8.64. The van der Waals surface area contributed by atoms with Gasteiger partial charge in [-0.25, -0.2) is 9.67 Å². The van der Waals surface area contributed by atoms with Gasteiger partial charge in [0.2, 0.25) is 5.91 Å². The first-order valence-corrected chi connectivity index (χ1v) is 11.4. The van der Waals surface area contributed by atoms with E-state index in [1.54, 1.807) is 36.3 Å². The fourth-order valence-corrected chi connectivity index (χ4v) is 4.56. The van der Waals surface area contributed by atoms with Crippen molar-refractivity contribution in [3.8, 4) is 22.7 Å². The Morgan fingerprint density at radius 3 is 2.79 bits per heavy atom. The van der Waals surface area contributed by atoms with E-state index in [1.165, 1.54) is 5.56 Å². The van der Waals surface area contributed by atoms with E-state index in [4.69, 9.17) is 4.74 Å². The molecule has 0 atom stereocenters. The zero-order chi connectivity index (χ0) is 23.8. The van der Waals surface area contributed by atoms with Crippen LogP contribution >= 0.6 is 0 Å². The number of anilines is 1. The second-order valence-electron chi connectivity index (χ2n) is 8.64. The molecular formula is C24H28N8O2. The second kappa shape index (κ2) is 8.77. The maximum absolute atomic E-state index is 13.1. The van der Waals surface area contributed by atoms with Crippen LogP contribution in [-0.2, 0) is 31.2 Å². The zero-order valence-electron chi connectivity index (χ0n) is 19.9. The molecule has 5 rings (SSSR count). The van der Waals surface area contributed by atoms with Gasteiger partial charge < -0.3 is 9.30 Å². The van der Waals surface area contributed by atoms with Crippen LogP contribution in [0.1, 0.15) is 29.8 Å². The molecule has 3 aromatic heterocycles. The Morgan fingerprint density at radius 2 is 2.03 bits per heavy atom. The number of fused-ring (bicyclic) bond motifs is 1. The van der Waals surface area contributed by atoms with Crippen molar-refractivity contribution >= 4 is 11.7 Å². The summed E-state index contributed by atoms with van der Waals surface area (Å²) in [4.78, 5) is 19.0. The highest BCUT2D eigenvalue weighted by molar-refractivity contribution is 5.92. The fourth-order valence-electron chi connectivity index (χ4n) is 4.56. The molecule has 4 aromatic rings. The van der Waals surface area contributed by atoms with Crippen molar-refractivity contribution in [1.29, 1.82) is 0 Å². The molecule has 3 heterocycles. The SMILES string of the molecule is COc1cc(-c2cn(CC(=O)N(C)c3c4c(nn3C)CCCC4)nn2)ccc1-n1cnc(C)c1. The number of aryl methyl sites for hydroxylation is 3. The van der Waals surface area contributed by atoms with Crippen LogP contribution in [0.4, 0.5) is 5.82 Å². The van der Waals surface area contributed by atoms with E-state index in [0.717, 1.165) is 54.1 Å². The molecule has 0 fully saturated rings. The van der Waals surface area contributed by atoms with Gasteiger partial charge in [-0.1, -0.05) is 11.3 Å². The van der Waals surface area contributed by atoms with Crippen molar-refractivity contribution in [2.45, 2.75) is 39.2 Å². The average Bonchev–Trinajstić information content (AvgIpc) is 3.56. The Bertz CT molecular complexity index is 1350. The van der Waals surface area contributed by atoms with Gasteiger partial charge in [0.15, 0.2) is 0 Å². The van der Waals surface area contributed by atoms with Crippen LogP contribution in [0, 0.1) is 6.92 Å². The smallest absolute Gasteiger partial charge is 0.249 e. The fraction of sp³-hybridized carbons (Fsp3) is 0.375. The summed E-state index contributed by atoms with van der Waals surface area (Å²) >= 11 is 0. The summed E-state index contributed by atoms with van der Waals surface area (Å²) in [7, 11) is 5.33. The molecule has 34 heavy (non-hydrogen) atoms. The average molecular weight is 461 g/mol. The van der Waals surface area contributed by atoms with Gasteiger partial charge in [0.25, 0.3) is 0 Å². The van der Waals surface area contributed by atoms with Gasteiger partial charge in [0, 0.05) is 31.4 Å². The zero-order valence-corrected chi connectivity index (χ0v) is 19.9. The first-order valence-electron chi connectivity index (χ1n) is 11.4. The molecule has 1 aliphatic rings. The van der Waals surface area contributed by atoms with Crippen molar-refractivity contribution in [1.82, 2.24) is 34.3 Å². The molecule has 10 heteroatoms. The molecule has 1 aliphatic carbocycles. The molecule has 0 radical (unpaired) electrons. The third-order valence-electron chi connectivity index (χ3n) is 6.28. The van der Waals surface area contributed by atoms with Crippen LogP contribution in [-0.4, -0.2) is 54.4 Å². The van der Waals surface area contributed by atoms with Crippen LogP contribution in [0.3, 0.4) is 0 Å². The minimum atomic E-state index is -0.0729. The van der Waals surface area contributed by atoms with Crippen molar-refractivity contribution in [3.63, 3.8) is 0 Å². The van der Waals surface area contributed by atoms with Gasteiger partial charge in [-0.2, -0.15) is 5.10 Å². The number of rotatable bonds is 6. The number of imidazole rings is 1. The Balaban J connectivity index is 1.34. The van der Waals surface area contributed by atoms with E-state index in [2.05, 4.69) is 20.4 Å². The minimum Gasteiger partial charge on any atom is -0.495 e. The highest BCUT2D eigenvalue weighted by Crippen LogP contribution is 2.30. The molecule has 0 spiro atoms. The van der Waals surface area contributed by atoms with Gasteiger partial charge in [0.05, 0.1) is 36.7 Å². The van der Waals surface area contributed by atoms with E-state index in [0.29, 0.717) is 11.4 Å². The molecule has 0 saturated carbocycles. The normalized spacial score (nSPS) is 13.1. The quantitative estimate of drug-likeness (QED) is 0.439. The number of aromatic nitrogens is 7. The summed E-state index contributed by atoms with van der Waals surface area (Å²) in [5.41, 5.74) is 5.62. The lowest BCUT2D eigenvalue weighted by molar-refractivity contribution is -0.119. The van der Waals surface area contributed by atoms with Gasteiger partial charge in [0.1, 0.15) is 23.8 Å². The van der Waals surface area contributed by atoms with Crippen molar-refractivity contribution in [2.75, 3.05) is 19.1 Å². The van der Waals surface area contributed by atoms with Crippen molar-refractivity contribution in [2.24, 2.45) is 7.05 Å². The molecule has 0 saturated heterocycles. The van der Waals surface area contributed by atoms with Gasteiger partial charge in [-0.05, 0) is 44.7 Å². The molecule has 176 valence electrons. The summed E-state index contributed by atoms with van der Waals surface area (Å²) in [6.45, 7) is 2.03. The Labute approximate surface area is 197 Å². The lowest BCUT2D eigenvalue weighted by Gasteiger charge is -2.20. The third kappa shape index (κ3) is 3.95. The molecule has 0 bridgehead atoms. The summed E-state index contributed by atoms with van der Waals surface area (Å²) in [5.74, 6) is 1.49. The van der Waals surface area contributed by atoms with Gasteiger partial charge >= 0.3 is 0 Å². The predicted octanol–water partition coefficient (Wildman–Crippen LogP) is 2.72. The van der Waals surface area contributed by atoms with Crippen LogP contribution in [0.15, 0.2) is 36.9 Å². The van der Waals surface area contributed by atoms with E-state index >= 15 is 0 Å². The summed E-state index contributed by atoms with van der Waals surface area (Å²) < 4.78 is 10.9. The van der Waals surface area contributed by atoms with Crippen LogP contribution in [0.2, 0.25) is 0 Å². The topological polar surface area (TPSA) is 95.9 Å². The van der Waals surface area contributed by atoms with Gasteiger partial charge in [-0.15, -0.1) is 5.10 Å². The summed E-state index contributed by atoms with van der Waals surface area (Å²) in [5, 5.41) is 13.1. The largest absolute Gasteiger partial charge is 0.495 e. The van der Waals surface area contributed by atoms with Crippen LogP contribution < -0.4 is 9.64 Å². The molecule has 0 N–H and O–H groups in total. The van der Waals surface area contributed by atoms with Crippen LogP contribution in [0.5, 0.6) is 5.75 Å². The number of carbonyl (C=O) groups excluding carboxylic acids is 1. The minimum absolute atomic E-state index is 0.0729. The Morgan fingerprint density at radius 1 is 1.21 bits per heavy atom. The summed E-state index contributed by atoms with van der Waals surface area (Å²) in [6.07, 6.45) is 9.68. The predicted molar refractivity (Wildman–Crippen MR) is 127 cm³/mol. The number of hydrogen-bond donors (Lipinski definition) is 0. The number of ether oxygens (including phenoxy) is 1. The standard InChI is InChI=1S/C24H28N8O2/c1-16-12-31(15-25-16)21-10-9-17(11-22(21)34-4)20-13-32(28-26-20)14-23(33)29(2)24-18-7-5-6-8-19(18)27-30(24)3/h9-13,15H,5-8,14H2,1-4H3. The van der Waals surface area contributed by atoms with Crippen LogP contribution in [0.25, 0.3) is 16.9 Å². The highest BCUT2D eigenvalue weighted by Gasteiger charge is 2.25. The monoisotopic (exact) mass is 460 g/mol. The maximum atomic E-state index is 13.1. The lowest BCUT2D eigenvalue weighted by atomic mass is 9.97. The number of amides is 1. The number of hydrogen-bond acceptors (Lipinski definition) is 6. The number of methoxy groups -OCH3 is 1. The van der Waals surface area contributed by atoms with E-state index in [9.17, 15) is 4.79 Å².